The molecule has 0 spiro atoms. The molecule has 0 saturated heterocycles. The Morgan fingerprint density at radius 3 is 2.52 bits per heavy atom. The highest BCUT2D eigenvalue weighted by Gasteiger charge is 2.14. The van der Waals surface area contributed by atoms with Crippen molar-refractivity contribution in [1.29, 1.82) is 0 Å². The van der Waals surface area contributed by atoms with Gasteiger partial charge in [0.1, 0.15) is 0 Å². The van der Waals surface area contributed by atoms with Crippen molar-refractivity contribution in [2.45, 2.75) is 4.90 Å². The summed E-state index contributed by atoms with van der Waals surface area (Å²) in [7, 11) is -3.59. The molecule has 0 fully saturated rings. The summed E-state index contributed by atoms with van der Waals surface area (Å²) in [5, 5.41) is 0.942. The molecule has 2 heterocycles. The topological polar surface area (TPSA) is 64.0 Å². The van der Waals surface area contributed by atoms with Crippen LogP contribution in [0.5, 0.6) is 0 Å². The molecular weight excluding hydrogens is 334 g/mol. The van der Waals surface area contributed by atoms with Gasteiger partial charge in [0, 0.05) is 23.5 Å². The summed E-state index contributed by atoms with van der Waals surface area (Å²) in [4.78, 5) is 4.37. The fourth-order valence-corrected chi connectivity index (χ4v) is 3.81. The zero-order valence-corrected chi connectivity index (χ0v) is 14.0. The molecule has 4 aromatic rings. The lowest BCUT2D eigenvalue weighted by molar-refractivity contribution is 0.601. The first-order chi connectivity index (χ1) is 12.1. The lowest BCUT2D eigenvalue weighted by Crippen LogP contribution is -2.12. The van der Waals surface area contributed by atoms with Crippen molar-refractivity contribution in [3.63, 3.8) is 0 Å². The average Bonchev–Trinajstić information content (AvgIpc) is 3.06. The highest BCUT2D eigenvalue weighted by atomic mass is 32.2. The fourth-order valence-electron chi connectivity index (χ4n) is 2.74. The molecule has 0 bridgehead atoms. The second-order valence-corrected chi connectivity index (χ2v) is 7.27. The number of benzene rings is 2. The van der Waals surface area contributed by atoms with Crippen molar-refractivity contribution in [2.75, 3.05) is 4.72 Å². The van der Waals surface area contributed by atoms with Crippen LogP contribution in [0.1, 0.15) is 0 Å². The molecule has 0 aliphatic rings. The normalized spacial score (nSPS) is 11.5. The van der Waals surface area contributed by atoms with E-state index in [0.717, 1.165) is 16.6 Å². The molecule has 5 nitrogen and oxygen atoms in total. The molecule has 1 N–H and O–H groups in total. The Hall–Kier alpha value is -3.12. The minimum absolute atomic E-state index is 0.239. The van der Waals surface area contributed by atoms with E-state index in [-0.39, 0.29) is 4.90 Å². The number of hydrogen-bond donors (Lipinski definition) is 1. The Morgan fingerprint density at radius 1 is 0.920 bits per heavy atom. The SMILES string of the molecule is O=S(=O)(Nc1ccc2c(ccn2-c2cccnc2)c1)c1ccccc1. The van der Waals surface area contributed by atoms with Crippen LogP contribution in [0.2, 0.25) is 0 Å². The third-order valence-electron chi connectivity index (χ3n) is 3.92. The van der Waals surface area contributed by atoms with Gasteiger partial charge in [-0.3, -0.25) is 9.71 Å². The summed E-state index contributed by atoms with van der Waals surface area (Å²) in [6, 6.07) is 19.6. The molecule has 0 aliphatic carbocycles. The van der Waals surface area contributed by atoms with Gasteiger partial charge in [-0.05, 0) is 48.5 Å². The van der Waals surface area contributed by atoms with E-state index in [1.807, 2.05) is 41.1 Å². The van der Waals surface area contributed by atoms with Gasteiger partial charge in [-0.2, -0.15) is 0 Å². The number of rotatable bonds is 4. The quantitative estimate of drug-likeness (QED) is 0.609. The van der Waals surface area contributed by atoms with Crippen LogP contribution in [0.4, 0.5) is 5.69 Å². The molecule has 2 aromatic carbocycles. The summed E-state index contributed by atoms with van der Waals surface area (Å²) < 4.78 is 29.5. The van der Waals surface area contributed by atoms with E-state index in [9.17, 15) is 8.42 Å². The van der Waals surface area contributed by atoms with Crippen molar-refractivity contribution in [2.24, 2.45) is 0 Å². The van der Waals surface area contributed by atoms with Crippen LogP contribution in [-0.2, 0) is 10.0 Å². The lowest BCUT2D eigenvalue weighted by Gasteiger charge is -2.09. The number of nitrogens with zero attached hydrogens (tertiary/aromatic N) is 2. The maximum absolute atomic E-state index is 12.4. The van der Waals surface area contributed by atoms with Crippen LogP contribution in [0.3, 0.4) is 0 Å². The van der Waals surface area contributed by atoms with Crippen molar-refractivity contribution >= 4 is 26.6 Å². The maximum atomic E-state index is 12.4. The molecule has 0 amide bonds. The molecule has 6 heteroatoms. The van der Waals surface area contributed by atoms with E-state index < -0.39 is 10.0 Å². The van der Waals surface area contributed by atoms with E-state index in [1.165, 1.54) is 0 Å². The van der Waals surface area contributed by atoms with E-state index in [1.54, 1.807) is 48.8 Å². The monoisotopic (exact) mass is 349 g/mol. The van der Waals surface area contributed by atoms with Crippen molar-refractivity contribution < 1.29 is 8.42 Å². The van der Waals surface area contributed by atoms with Gasteiger partial charge >= 0.3 is 0 Å². The summed E-state index contributed by atoms with van der Waals surface area (Å²) >= 11 is 0. The summed E-state index contributed by atoms with van der Waals surface area (Å²) in [6.45, 7) is 0. The Labute approximate surface area is 145 Å². The van der Waals surface area contributed by atoms with Crippen molar-refractivity contribution in [3.8, 4) is 5.69 Å². The highest BCUT2D eigenvalue weighted by molar-refractivity contribution is 7.92. The van der Waals surface area contributed by atoms with Crippen LogP contribution in [-0.4, -0.2) is 18.0 Å². The second kappa shape index (κ2) is 6.07. The predicted octanol–water partition coefficient (Wildman–Crippen LogP) is 3.83. The largest absolute Gasteiger partial charge is 0.315 e. The molecule has 0 aliphatic heterocycles. The molecule has 4 rings (SSSR count). The number of anilines is 1. The van der Waals surface area contributed by atoms with Gasteiger partial charge in [0.15, 0.2) is 0 Å². The zero-order chi connectivity index (χ0) is 17.3. The zero-order valence-electron chi connectivity index (χ0n) is 13.2. The van der Waals surface area contributed by atoms with Crippen molar-refractivity contribution in [3.05, 3.63) is 85.3 Å². The van der Waals surface area contributed by atoms with Crippen LogP contribution >= 0.6 is 0 Å². The molecule has 0 atom stereocenters. The van der Waals surface area contributed by atoms with Gasteiger partial charge in [-0.25, -0.2) is 8.42 Å². The number of nitrogens with one attached hydrogen (secondary N) is 1. The van der Waals surface area contributed by atoms with Crippen LogP contribution in [0.25, 0.3) is 16.6 Å². The first kappa shape index (κ1) is 15.4. The molecule has 0 saturated carbocycles. The van der Waals surface area contributed by atoms with Gasteiger partial charge in [0.2, 0.25) is 0 Å². The molecule has 2 aromatic heterocycles. The van der Waals surface area contributed by atoms with E-state index in [4.69, 9.17) is 0 Å². The number of hydrogen-bond acceptors (Lipinski definition) is 3. The molecule has 0 radical (unpaired) electrons. The Morgan fingerprint density at radius 2 is 1.76 bits per heavy atom. The molecule has 25 heavy (non-hydrogen) atoms. The first-order valence-electron chi connectivity index (χ1n) is 7.73. The predicted molar refractivity (Wildman–Crippen MR) is 98.3 cm³/mol. The molecular formula is C19H15N3O2S. The first-order valence-corrected chi connectivity index (χ1v) is 9.21. The molecule has 0 unspecified atom stereocenters. The lowest BCUT2D eigenvalue weighted by atomic mass is 10.2. The van der Waals surface area contributed by atoms with E-state index >= 15 is 0 Å². The Bertz CT molecular complexity index is 1120. The third-order valence-corrected chi connectivity index (χ3v) is 5.32. The van der Waals surface area contributed by atoms with Crippen LogP contribution in [0, 0.1) is 0 Å². The van der Waals surface area contributed by atoms with E-state index in [2.05, 4.69) is 9.71 Å². The third kappa shape index (κ3) is 2.99. The van der Waals surface area contributed by atoms with Gasteiger partial charge in [0.25, 0.3) is 10.0 Å². The minimum atomic E-state index is -3.59. The fraction of sp³-hybridized carbons (Fsp3) is 0. The van der Waals surface area contributed by atoms with Gasteiger partial charge < -0.3 is 4.57 Å². The van der Waals surface area contributed by atoms with E-state index in [0.29, 0.717) is 5.69 Å². The van der Waals surface area contributed by atoms with Crippen LogP contribution < -0.4 is 4.72 Å². The molecule has 124 valence electrons. The van der Waals surface area contributed by atoms with Crippen molar-refractivity contribution in [1.82, 2.24) is 9.55 Å². The Balaban J connectivity index is 1.69. The number of pyridine rings is 1. The standard InChI is InChI=1S/C19H15N3O2S/c23-25(24,18-6-2-1-3-7-18)21-16-8-9-19-15(13-16)10-12-22(19)17-5-4-11-20-14-17/h1-14,21H. The number of sulfonamides is 1. The summed E-state index contributed by atoms with van der Waals surface area (Å²) in [6.07, 6.45) is 5.45. The average molecular weight is 349 g/mol. The van der Waals surface area contributed by atoms with Crippen LogP contribution in [0.15, 0.2) is 90.2 Å². The van der Waals surface area contributed by atoms with Gasteiger partial charge in [0.05, 0.1) is 22.3 Å². The Kier molecular flexibility index (Phi) is 3.74. The summed E-state index contributed by atoms with van der Waals surface area (Å²) in [5.41, 5.74) is 2.46. The minimum Gasteiger partial charge on any atom is -0.315 e. The summed E-state index contributed by atoms with van der Waals surface area (Å²) in [5.74, 6) is 0. The highest BCUT2D eigenvalue weighted by Crippen LogP contribution is 2.25. The van der Waals surface area contributed by atoms with Gasteiger partial charge in [-0.15, -0.1) is 0 Å². The number of fused-ring (bicyclic) bond motifs is 1. The number of aromatic nitrogens is 2. The smallest absolute Gasteiger partial charge is 0.261 e. The maximum Gasteiger partial charge on any atom is 0.261 e. The second-order valence-electron chi connectivity index (χ2n) is 5.59. The van der Waals surface area contributed by atoms with Gasteiger partial charge in [-0.1, -0.05) is 18.2 Å².